The smallest absolute Gasteiger partial charge is 0.442 e. The zero-order valence-corrected chi connectivity index (χ0v) is 14.2. The van der Waals surface area contributed by atoms with Crippen molar-refractivity contribution in [2.45, 2.75) is 12.6 Å². The number of carbonyl (C=O) groups is 1. The van der Waals surface area contributed by atoms with E-state index in [4.69, 9.17) is 10.5 Å². The highest BCUT2D eigenvalue weighted by molar-refractivity contribution is 5.67. The van der Waals surface area contributed by atoms with Crippen LogP contribution >= 0.6 is 0 Å². The molecule has 0 saturated heterocycles. The molecule has 0 amide bonds. The lowest BCUT2D eigenvalue weighted by atomic mass is 10.1. The van der Waals surface area contributed by atoms with Crippen molar-refractivity contribution in [3.8, 4) is 0 Å². The van der Waals surface area contributed by atoms with E-state index in [0.717, 1.165) is 15.9 Å². The molecule has 0 spiro atoms. The summed E-state index contributed by atoms with van der Waals surface area (Å²) in [5, 5.41) is 15.2. The summed E-state index contributed by atoms with van der Waals surface area (Å²) in [6.45, 7) is 1.19. The Balaban J connectivity index is 1.70. The highest BCUT2D eigenvalue weighted by Gasteiger charge is 2.21. The Morgan fingerprint density at radius 2 is 1.81 bits per heavy atom. The molecule has 1 unspecified atom stereocenters. The average molecular weight is 352 g/mol. The van der Waals surface area contributed by atoms with Crippen LogP contribution in [0.5, 0.6) is 0 Å². The summed E-state index contributed by atoms with van der Waals surface area (Å²) in [7, 11) is 0. The number of hydrogen-bond donors (Lipinski definition) is 2. The maximum Gasteiger partial charge on any atom is 0.454 e. The number of rotatable bonds is 7. The number of nitrogens with two attached hydrogens (primary N) is 1. The summed E-state index contributed by atoms with van der Waals surface area (Å²) in [4.78, 5) is 13.0. The second kappa shape index (κ2) is 8.84. The van der Waals surface area contributed by atoms with Gasteiger partial charge in [-0.05, 0) is 16.3 Å². The van der Waals surface area contributed by atoms with Gasteiger partial charge in [0.2, 0.25) is 0 Å². The molecule has 26 heavy (non-hydrogen) atoms. The van der Waals surface area contributed by atoms with Gasteiger partial charge < -0.3 is 15.8 Å². The van der Waals surface area contributed by atoms with Crippen molar-refractivity contribution in [2.75, 3.05) is 13.1 Å². The molecular weight excluding hydrogens is 332 g/mol. The van der Waals surface area contributed by atoms with Gasteiger partial charge in [0.1, 0.15) is 6.61 Å². The second-order valence-corrected chi connectivity index (χ2v) is 5.56. The van der Waals surface area contributed by atoms with Crippen LogP contribution in [-0.2, 0) is 11.3 Å². The number of nitrogens with one attached hydrogen (secondary N) is 1. The van der Waals surface area contributed by atoms with Crippen molar-refractivity contribution in [1.29, 1.82) is 0 Å². The van der Waals surface area contributed by atoms with Gasteiger partial charge >= 0.3 is 6.09 Å². The van der Waals surface area contributed by atoms with E-state index >= 15 is 0 Å². The third kappa shape index (κ3) is 4.50. The highest BCUT2D eigenvalue weighted by Crippen LogP contribution is 2.17. The SMILES string of the molecule is NCCNC(c1ccccc1)c1nnn(C(=O)OCc2ccccc2)n1. The standard InChI is InChI=1S/C18H20N6O2/c19-11-12-20-16(15-9-5-2-6-10-15)17-21-23-24(22-17)18(25)26-13-14-7-3-1-4-8-14/h1-10,16,20H,11-13,19H2. The topological polar surface area (TPSA) is 108 Å². The van der Waals surface area contributed by atoms with Crippen LogP contribution in [-0.4, -0.2) is 39.4 Å². The van der Waals surface area contributed by atoms with Gasteiger partial charge in [-0.2, -0.15) is 0 Å². The third-order valence-corrected chi connectivity index (χ3v) is 3.68. The van der Waals surface area contributed by atoms with E-state index in [1.807, 2.05) is 60.7 Å². The van der Waals surface area contributed by atoms with Crippen molar-refractivity contribution >= 4 is 6.09 Å². The maximum atomic E-state index is 12.1. The minimum absolute atomic E-state index is 0.143. The van der Waals surface area contributed by atoms with Crippen LogP contribution in [0.1, 0.15) is 23.0 Å². The van der Waals surface area contributed by atoms with E-state index in [1.165, 1.54) is 0 Å². The molecule has 0 aliphatic carbocycles. The lowest BCUT2D eigenvalue weighted by Gasteiger charge is -2.14. The molecule has 0 radical (unpaired) electrons. The van der Waals surface area contributed by atoms with Gasteiger partial charge in [0, 0.05) is 13.1 Å². The van der Waals surface area contributed by atoms with Gasteiger partial charge in [0.05, 0.1) is 6.04 Å². The van der Waals surface area contributed by atoms with Gasteiger partial charge in [-0.25, -0.2) is 4.79 Å². The largest absolute Gasteiger partial charge is 0.454 e. The fraction of sp³-hybridized carbons (Fsp3) is 0.222. The predicted molar refractivity (Wildman–Crippen MR) is 95.2 cm³/mol. The molecule has 0 bridgehead atoms. The number of ether oxygens (including phenoxy) is 1. The maximum absolute atomic E-state index is 12.1. The van der Waals surface area contributed by atoms with Crippen LogP contribution in [0.3, 0.4) is 0 Å². The van der Waals surface area contributed by atoms with Crippen LogP contribution in [0.15, 0.2) is 60.7 Å². The molecule has 0 fully saturated rings. The molecule has 134 valence electrons. The minimum atomic E-state index is -0.682. The molecule has 1 heterocycles. The summed E-state index contributed by atoms with van der Waals surface area (Å²) in [5.41, 5.74) is 7.42. The lowest BCUT2D eigenvalue weighted by molar-refractivity contribution is 0.133. The molecule has 1 aromatic heterocycles. The number of aromatic nitrogens is 4. The van der Waals surface area contributed by atoms with Gasteiger partial charge in [0.15, 0.2) is 5.82 Å². The Kier molecular flexibility index (Phi) is 6.02. The molecule has 0 aliphatic heterocycles. The second-order valence-electron chi connectivity index (χ2n) is 5.56. The number of carbonyl (C=O) groups excluding carboxylic acids is 1. The molecule has 1 atom stereocenters. The number of hydrogen-bond acceptors (Lipinski definition) is 7. The quantitative estimate of drug-likeness (QED) is 0.663. The Labute approximate surface area is 151 Å². The van der Waals surface area contributed by atoms with E-state index < -0.39 is 6.09 Å². The summed E-state index contributed by atoms with van der Waals surface area (Å²) in [6, 6.07) is 18.7. The van der Waals surface area contributed by atoms with Crippen LogP contribution in [0.25, 0.3) is 0 Å². The number of nitrogens with zero attached hydrogens (tertiary/aromatic N) is 4. The summed E-state index contributed by atoms with van der Waals surface area (Å²) in [5.74, 6) is 0.376. The van der Waals surface area contributed by atoms with Crippen LogP contribution in [0, 0.1) is 0 Å². The monoisotopic (exact) mass is 352 g/mol. The molecule has 3 rings (SSSR count). The lowest BCUT2D eigenvalue weighted by Crippen LogP contribution is -2.29. The molecule has 3 aromatic rings. The van der Waals surface area contributed by atoms with Crippen molar-refractivity contribution in [1.82, 2.24) is 25.5 Å². The van der Waals surface area contributed by atoms with E-state index in [9.17, 15) is 4.79 Å². The molecule has 8 nitrogen and oxygen atoms in total. The first-order valence-corrected chi connectivity index (χ1v) is 8.27. The highest BCUT2D eigenvalue weighted by atomic mass is 16.6. The van der Waals surface area contributed by atoms with E-state index in [0.29, 0.717) is 18.9 Å². The molecule has 8 heteroatoms. The first kappa shape index (κ1) is 17.7. The van der Waals surface area contributed by atoms with E-state index in [1.54, 1.807) is 0 Å². The summed E-state index contributed by atoms with van der Waals surface area (Å²) in [6.07, 6.45) is -0.682. The number of tetrazole rings is 1. The zero-order chi connectivity index (χ0) is 18.2. The van der Waals surface area contributed by atoms with Gasteiger partial charge in [-0.1, -0.05) is 65.5 Å². The zero-order valence-electron chi connectivity index (χ0n) is 14.2. The Morgan fingerprint density at radius 1 is 1.12 bits per heavy atom. The van der Waals surface area contributed by atoms with Crippen LogP contribution in [0.4, 0.5) is 4.79 Å². The van der Waals surface area contributed by atoms with Gasteiger partial charge in [-0.15, -0.1) is 10.2 Å². The van der Waals surface area contributed by atoms with Crippen molar-refractivity contribution in [3.05, 3.63) is 77.6 Å². The van der Waals surface area contributed by atoms with Gasteiger partial charge in [0.25, 0.3) is 0 Å². The minimum Gasteiger partial charge on any atom is -0.442 e. The average Bonchev–Trinajstić information content (AvgIpc) is 3.18. The van der Waals surface area contributed by atoms with E-state index in [2.05, 4.69) is 20.7 Å². The summed E-state index contributed by atoms with van der Waals surface area (Å²) >= 11 is 0. The Bertz CT molecular complexity index is 822. The van der Waals surface area contributed by atoms with Crippen LogP contribution < -0.4 is 11.1 Å². The molecule has 3 N–H and O–H groups in total. The fourth-order valence-electron chi connectivity index (χ4n) is 2.43. The van der Waals surface area contributed by atoms with Crippen LogP contribution in [0.2, 0.25) is 0 Å². The first-order valence-electron chi connectivity index (χ1n) is 8.27. The molecule has 2 aromatic carbocycles. The Morgan fingerprint density at radius 3 is 2.50 bits per heavy atom. The van der Waals surface area contributed by atoms with Crippen molar-refractivity contribution in [2.24, 2.45) is 5.73 Å². The fourth-order valence-corrected chi connectivity index (χ4v) is 2.43. The molecule has 0 aliphatic rings. The van der Waals surface area contributed by atoms with E-state index in [-0.39, 0.29) is 12.6 Å². The van der Waals surface area contributed by atoms with Crippen molar-refractivity contribution < 1.29 is 9.53 Å². The Hall–Kier alpha value is -3.10. The van der Waals surface area contributed by atoms with Crippen molar-refractivity contribution in [3.63, 3.8) is 0 Å². The molecule has 0 saturated carbocycles. The predicted octanol–water partition coefficient (Wildman–Crippen LogP) is 1.50. The molecular formula is C18H20N6O2. The normalized spacial score (nSPS) is 11.9. The first-order chi connectivity index (χ1) is 12.8. The number of benzene rings is 2. The summed E-state index contributed by atoms with van der Waals surface area (Å²) < 4.78 is 5.21. The van der Waals surface area contributed by atoms with Gasteiger partial charge in [-0.3, -0.25) is 0 Å². The third-order valence-electron chi connectivity index (χ3n) is 3.68.